The first-order chi connectivity index (χ1) is 14.7. The molecule has 1 aliphatic rings. The summed E-state index contributed by atoms with van der Waals surface area (Å²) in [4.78, 5) is 18.1. The third-order valence-corrected chi connectivity index (χ3v) is 5.77. The van der Waals surface area contributed by atoms with Crippen LogP contribution in [0.4, 0.5) is 18.9 Å². The summed E-state index contributed by atoms with van der Waals surface area (Å²) in [6.07, 6.45) is -4.47. The van der Waals surface area contributed by atoms with Crippen LogP contribution in [0.15, 0.2) is 30.3 Å². The number of carbonyl (C=O) groups is 1. The van der Waals surface area contributed by atoms with Crippen molar-refractivity contribution < 1.29 is 27.8 Å². The van der Waals surface area contributed by atoms with E-state index >= 15 is 0 Å². The van der Waals surface area contributed by atoms with Crippen LogP contribution in [0.5, 0.6) is 0 Å². The van der Waals surface area contributed by atoms with Gasteiger partial charge in [0.05, 0.1) is 36.4 Å². The number of benzene rings is 2. The van der Waals surface area contributed by atoms with Gasteiger partial charge in [-0.25, -0.2) is 9.78 Å². The van der Waals surface area contributed by atoms with E-state index in [1.54, 1.807) is 18.2 Å². The molecule has 0 atom stereocenters. The van der Waals surface area contributed by atoms with E-state index in [9.17, 15) is 23.1 Å². The van der Waals surface area contributed by atoms with Gasteiger partial charge >= 0.3 is 12.1 Å². The van der Waals surface area contributed by atoms with Crippen LogP contribution in [0.25, 0.3) is 11.0 Å². The molecule has 31 heavy (non-hydrogen) atoms. The third-order valence-electron chi connectivity index (χ3n) is 5.48. The smallest absolute Gasteiger partial charge is 0.416 e. The number of nitrogens with zero attached hydrogens (tertiary/aromatic N) is 3. The molecule has 1 saturated heterocycles. The SMILES string of the molecule is Cc1c(Cn2c(Cl)nc3c(C(=O)O)cc(N4CCOCC4)cc32)cccc1C(F)(F)F. The summed E-state index contributed by atoms with van der Waals surface area (Å²) in [6, 6.07) is 7.29. The average molecular weight is 454 g/mol. The summed E-state index contributed by atoms with van der Waals surface area (Å²) < 4.78 is 46.8. The third kappa shape index (κ3) is 4.07. The van der Waals surface area contributed by atoms with Gasteiger partial charge in [-0.15, -0.1) is 0 Å². The van der Waals surface area contributed by atoms with Gasteiger partial charge in [-0.3, -0.25) is 0 Å². The number of anilines is 1. The number of halogens is 4. The molecule has 0 bridgehead atoms. The van der Waals surface area contributed by atoms with Crippen LogP contribution in [0, 0.1) is 6.92 Å². The Morgan fingerprint density at radius 3 is 2.61 bits per heavy atom. The molecule has 0 saturated carbocycles. The number of alkyl halides is 3. The van der Waals surface area contributed by atoms with Gasteiger partial charge in [0.1, 0.15) is 5.52 Å². The summed E-state index contributed by atoms with van der Waals surface area (Å²) >= 11 is 6.32. The predicted octanol–water partition coefficient (Wildman–Crippen LogP) is 4.60. The second-order valence-corrected chi connectivity index (χ2v) is 7.66. The lowest BCUT2D eigenvalue weighted by Crippen LogP contribution is -2.36. The van der Waals surface area contributed by atoms with Crippen LogP contribution >= 0.6 is 11.6 Å². The minimum Gasteiger partial charge on any atom is -0.478 e. The minimum atomic E-state index is -4.47. The number of ether oxygens (including phenoxy) is 1. The Balaban J connectivity index is 1.84. The first kappa shape index (κ1) is 21.5. The Bertz CT molecular complexity index is 1150. The maximum Gasteiger partial charge on any atom is 0.416 e. The highest BCUT2D eigenvalue weighted by Gasteiger charge is 2.33. The zero-order chi connectivity index (χ0) is 22.3. The number of hydrogen-bond donors (Lipinski definition) is 1. The van der Waals surface area contributed by atoms with Crippen molar-refractivity contribution in [3.05, 3.63) is 57.9 Å². The fourth-order valence-electron chi connectivity index (χ4n) is 3.83. The van der Waals surface area contributed by atoms with E-state index in [0.29, 0.717) is 43.1 Å². The molecular formula is C21H19ClF3N3O3. The van der Waals surface area contributed by atoms with E-state index in [-0.39, 0.29) is 28.5 Å². The number of aromatic nitrogens is 2. The average Bonchev–Trinajstić information content (AvgIpc) is 3.03. The van der Waals surface area contributed by atoms with Crippen molar-refractivity contribution >= 4 is 34.3 Å². The normalized spacial score (nSPS) is 14.9. The van der Waals surface area contributed by atoms with E-state index in [1.807, 2.05) is 4.90 Å². The monoisotopic (exact) mass is 453 g/mol. The highest BCUT2D eigenvalue weighted by atomic mass is 35.5. The molecule has 6 nitrogen and oxygen atoms in total. The zero-order valence-corrected chi connectivity index (χ0v) is 17.3. The lowest BCUT2D eigenvalue weighted by Gasteiger charge is -2.29. The minimum absolute atomic E-state index is 0.00781. The second kappa shape index (κ2) is 8.05. The largest absolute Gasteiger partial charge is 0.478 e. The van der Waals surface area contributed by atoms with Crippen molar-refractivity contribution in [3.8, 4) is 0 Å². The predicted molar refractivity (Wildman–Crippen MR) is 110 cm³/mol. The Kier molecular flexibility index (Phi) is 5.57. The Morgan fingerprint density at radius 1 is 1.26 bits per heavy atom. The molecule has 2 aromatic carbocycles. The first-order valence-corrected chi connectivity index (χ1v) is 9.96. The summed E-state index contributed by atoms with van der Waals surface area (Å²) in [5.41, 5.74) is 1.10. The summed E-state index contributed by atoms with van der Waals surface area (Å²) in [7, 11) is 0. The lowest BCUT2D eigenvalue weighted by atomic mass is 10.0. The zero-order valence-electron chi connectivity index (χ0n) is 16.5. The highest BCUT2D eigenvalue weighted by molar-refractivity contribution is 6.29. The van der Waals surface area contributed by atoms with Crippen LogP contribution in [0.3, 0.4) is 0 Å². The van der Waals surface area contributed by atoms with E-state index < -0.39 is 17.7 Å². The standard InChI is InChI=1S/C21H19ClF3N3O3/c1-12-13(3-2-4-16(12)21(23,24)25)11-28-17-10-14(27-5-7-31-8-6-27)9-15(19(29)30)18(17)26-20(28)22/h2-4,9-10H,5-8,11H2,1H3,(H,29,30). The molecule has 0 aliphatic carbocycles. The number of morpholine rings is 1. The van der Waals surface area contributed by atoms with Gasteiger partial charge in [-0.1, -0.05) is 12.1 Å². The van der Waals surface area contributed by atoms with Crippen molar-refractivity contribution in [1.29, 1.82) is 0 Å². The Labute approximate surface area is 180 Å². The molecule has 0 unspecified atom stereocenters. The van der Waals surface area contributed by atoms with Gasteiger partial charge in [-0.2, -0.15) is 13.2 Å². The molecule has 0 spiro atoms. The van der Waals surface area contributed by atoms with Gasteiger partial charge in [0, 0.05) is 18.8 Å². The van der Waals surface area contributed by atoms with Crippen molar-refractivity contribution in [3.63, 3.8) is 0 Å². The van der Waals surface area contributed by atoms with E-state index in [4.69, 9.17) is 16.3 Å². The molecule has 4 rings (SSSR count). The van der Waals surface area contributed by atoms with Gasteiger partial charge in [0.15, 0.2) is 0 Å². The van der Waals surface area contributed by atoms with Crippen LogP contribution in [-0.4, -0.2) is 46.9 Å². The lowest BCUT2D eigenvalue weighted by molar-refractivity contribution is -0.138. The van der Waals surface area contributed by atoms with Crippen molar-refractivity contribution in [2.75, 3.05) is 31.2 Å². The number of imidazole rings is 1. The Morgan fingerprint density at radius 2 is 1.97 bits per heavy atom. The van der Waals surface area contributed by atoms with Gasteiger partial charge in [0.2, 0.25) is 5.28 Å². The number of aromatic carboxylic acids is 1. The molecular weight excluding hydrogens is 435 g/mol. The number of carboxylic acids is 1. The van der Waals surface area contributed by atoms with Crippen molar-refractivity contribution in [2.45, 2.75) is 19.6 Å². The molecule has 0 amide bonds. The number of carboxylic acid groups (broad SMARTS) is 1. The van der Waals surface area contributed by atoms with Crippen LogP contribution in [-0.2, 0) is 17.5 Å². The van der Waals surface area contributed by atoms with Crippen molar-refractivity contribution in [1.82, 2.24) is 9.55 Å². The van der Waals surface area contributed by atoms with Gasteiger partial charge < -0.3 is 19.3 Å². The molecule has 2 heterocycles. The number of fused-ring (bicyclic) bond motifs is 1. The maximum absolute atomic E-state index is 13.3. The van der Waals surface area contributed by atoms with Gasteiger partial charge in [0.25, 0.3) is 0 Å². The van der Waals surface area contributed by atoms with E-state index in [0.717, 1.165) is 6.07 Å². The summed E-state index contributed by atoms with van der Waals surface area (Å²) in [5.74, 6) is -1.16. The quantitative estimate of drug-likeness (QED) is 0.625. The Hall–Kier alpha value is -2.78. The maximum atomic E-state index is 13.3. The molecule has 1 aromatic heterocycles. The van der Waals surface area contributed by atoms with E-state index in [1.165, 1.54) is 17.6 Å². The number of rotatable bonds is 4. The molecule has 3 aromatic rings. The fourth-order valence-corrected chi connectivity index (χ4v) is 4.06. The topological polar surface area (TPSA) is 67.6 Å². The van der Waals surface area contributed by atoms with Crippen molar-refractivity contribution in [2.24, 2.45) is 0 Å². The molecule has 0 radical (unpaired) electrons. The van der Waals surface area contributed by atoms with E-state index in [2.05, 4.69) is 4.98 Å². The number of hydrogen-bond acceptors (Lipinski definition) is 4. The first-order valence-electron chi connectivity index (χ1n) is 9.58. The fraction of sp³-hybridized carbons (Fsp3) is 0.333. The van der Waals surface area contributed by atoms with Crippen LogP contribution in [0.1, 0.15) is 27.0 Å². The van der Waals surface area contributed by atoms with Crippen LogP contribution in [0.2, 0.25) is 5.28 Å². The molecule has 1 fully saturated rings. The molecule has 1 N–H and O–H groups in total. The van der Waals surface area contributed by atoms with Crippen LogP contribution < -0.4 is 4.90 Å². The molecule has 1 aliphatic heterocycles. The molecule has 164 valence electrons. The second-order valence-electron chi connectivity index (χ2n) is 7.32. The highest BCUT2D eigenvalue weighted by Crippen LogP contribution is 2.34. The molecule has 10 heteroatoms. The summed E-state index contributed by atoms with van der Waals surface area (Å²) in [5, 5.41) is 9.71. The van der Waals surface area contributed by atoms with Gasteiger partial charge in [-0.05, 0) is 47.9 Å². The summed E-state index contributed by atoms with van der Waals surface area (Å²) in [6.45, 7) is 3.66.